The number of rotatable bonds is 7. The van der Waals surface area contributed by atoms with Crippen molar-refractivity contribution in [1.82, 2.24) is 0 Å². The largest absolute Gasteiger partial charge is 0.439 e. The number of hydrogen-bond acceptors (Lipinski definition) is 8. The fraction of sp³-hybridized carbons (Fsp3) is 0.211. The molecule has 34 heavy (non-hydrogen) atoms. The maximum atomic E-state index is 11.6. The Morgan fingerprint density at radius 2 is 1.94 bits per heavy atom. The van der Waals surface area contributed by atoms with E-state index in [0.717, 1.165) is 7.80 Å². The lowest BCUT2D eigenvalue weighted by Gasteiger charge is -2.16. The number of aromatic nitrogens is 1. The van der Waals surface area contributed by atoms with E-state index in [-0.39, 0.29) is 5.88 Å². The Bertz CT molecular complexity index is 1560. The van der Waals surface area contributed by atoms with Gasteiger partial charge in [0.25, 0.3) is 21.0 Å². The summed E-state index contributed by atoms with van der Waals surface area (Å²) < 4.78 is 74.5. The number of nitrogens with zero attached hydrogens (tertiary/aromatic N) is 2. The van der Waals surface area contributed by atoms with Crippen LogP contribution in [0.1, 0.15) is 18.4 Å². The van der Waals surface area contributed by atoms with Crippen LogP contribution in [0.3, 0.4) is 0 Å². The summed E-state index contributed by atoms with van der Waals surface area (Å²) in [7, 11) is -8.71. The summed E-state index contributed by atoms with van der Waals surface area (Å²) in [6.45, 7) is 1.87. The first-order chi connectivity index (χ1) is 15.8. The van der Waals surface area contributed by atoms with Crippen molar-refractivity contribution in [2.45, 2.75) is 19.2 Å². The number of anilines is 1. The van der Waals surface area contributed by atoms with Gasteiger partial charge in [-0.05, 0) is 46.1 Å². The molecule has 0 spiro atoms. The second-order valence-corrected chi connectivity index (χ2v) is 14.2. The second-order valence-electron chi connectivity index (χ2n) is 7.21. The van der Waals surface area contributed by atoms with Crippen molar-refractivity contribution in [3.63, 3.8) is 0 Å². The molecule has 1 aliphatic heterocycles. The minimum Gasteiger partial charge on any atom is -0.439 e. The van der Waals surface area contributed by atoms with Gasteiger partial charge in [-0.15, -0.1) is 11.3 Å². The molecule has 0 radical (unpaired) electrons. The predicted octanol–water partition coefficient (Wildman–Crippen LogP) is 4.89. The van der Waals surface area contributed by atoms with Gasteiger partial charge in [0, 0.05) is 23.2 Å². The molecule has 0 saturated heterocycles. The van der Waals surface area contributed by atoms with Crippen LogP contribution < -0.4 is 14.2 Å². The summed E-state index contributed by atoms with van der Waals surface area (Å²) in [5.74, 6) is -0.831. The third-order valence-corrected chi connectivity index (χ3v) is 8.97. The Morgan fingerprint density at radius 3 is 2.59 bits per heavy atom. The average molecular weight is 629 g/mol. The van der Waals surface area contributed by atoms with Gasteiger partial charge in [0.2, 0.25) is 11.4 Å². The zero-order chi connectivity index (χ0) is 24.8. The van der Waals surface area contributed by atoms with E-state index in [1.807, 2.05) is 6.92 Å². The minimum atomic E-state index is -4.40. The van der Waals surface area contributed by atoms with Gasteiger partial charge in [0.1, 0.15) is 0 Å². The van der Waals surface area contributed by atoms with E-state index in [4.69, 9.17) is 16.3 Å². The zero-order valence-corrected chi connectivity index (χ0v) is 22.9. The first-order valence-corrected chi connectivity index (χ1v) is 15.5. The van der Waals surface area contributed by atoms with E-state index in [2.05, 4.69) is 15.9 Å². The molecular formula is C19H17BrClN2O7S4+. The Labute approximate surface area is 217 Å². The summed E-state index contributed by atoms with van der Waals surface area (Å²) in [5.41, 5.74) is 1.72. The number of allylic oxidation sites excluding steroid dienone is 2. The lowest BCUT2D eigenvalue weighted by molar-refractivity contribution is -0.649. The summed E-state index contributed by atoms with van der Waals surface area (Å²) >= 11 is 12.2. The third-order valence-electron chi connectivity index (χ3n) is 4.71. The van der Waals surface area contributed by atoms with Gasteiger partial charge in [-0.2, -0.15) is 21.4 Å². The average Bonchev–Trinajstić information content (AvgIpc) is 3.32. The van der Waals surface area contributed by atoms with E-state index < -0.39 is 32.0 Å². The highest BCUT2D eigenvalue weighted by atomic mass is 79.9. The van der Waals surface area contributed by atoms with E-state index in [0.29, 0.717) is 39.0 Å². The zero-order valence-electron chi connectivity index (χ0n) is 17.3. The molecule has 3 aromatic rings. The molecule has 0 atom stereocenters. The lowest BCUT2D eigenvalue weighted by Crippen LogP contribution is -2.38. The summed E-state index contributed by atoms with van der Waals surface area (Å²) in [5, 5.41) is 0.936. The molecule has 2 aromatic heterocycles. The van der Waals surface area contributed by atoms with Crippen molar-refractivity contribution in [2.75, 3.05) is 10.8 Å². The van der Waals surface area contributed by atoms with Crippen LogP contribution in [0.5, 0.6) is 5.75 Å². The standard InChI is InChI=1S/C19H16BrClN2O7S4/c1-2-11(6-18-23(10-34(27,28)29)14-8-16(20)31-19(14)32-18)5-17-22(9-33(24,25)26)13-7-12(21)3-4-15(13)30-17/h3-8H,2,9-10H2,1H3,(H-,24,25,26,27,28,29)/p+1. The van der Waals surface area contributed by atoms with E-state index >= 15 is 0 Å². The van der Waals surface area contributed by atoms with Crippen LogP contribution in [0.15, 0.2) is 45.6 Å². The predicted molar refractivity (Wildman–Crippen MR) is 136 cm³/mol. The highest BCUT2D eigenvalue weighted by molar-refractivity contribution is 9.11. The fourth-order valence-corrected chi connectivity index (χ4v) is 8.04. The molecule has 2 N–H and O–H groups in total. The summed E-state index contributed by atoms with van der Waals surface area (Å²) in [6, 6.07) is 6.50. The minimum absolute atomic E-state index is 0.158. The van der Waals surface area contributed by atoms with Crippen LogP contribution in [0.2, 0.25) is 5.02 Å². The van der Waals surface area contributed by atoms with E-state index in [1.165, 1.54) is 38.2 Å². The Balaban J connectivity index is 1.80. The normalized spacial score (nSPS) is 15.9. The monoisotopic (exact) mass is 627 g/mol. The van der Waals surface area contributed by atoms with Crippen LogP contribution in [0, 0.1) is 0 Å². The molecule has 182 valence electrons. The number of halogens is 2. The van der Waals surface area contributed by atoms with Crippen LogP contribution in [0.25, 0.3) is 15.6 Å². The molecular weight excluding hydrogens is 612 g/mol. The topological polar surface area (TPSA) is 125 Å². The molecule has 0 amide bonds. The molecule has 15 heteroatoms. The number of fused-ring (bicyclic) bond motifs is 2. The van der Waals surface area contributed by atoms with Gasteiger partial charge in [0.15, 0.2) is 15.6 Å². The first kappa shape index (κ1) is 25.6. The molecule has 0 unspecified atom stereocenters. The van der Waals surface area contributed by atoms with Crippen LogP contribution >= 0.6 is 50.2 Å². The number of hydrogen-bond donors (Lipinski definition) is 2. The van der Waals surface area contributed by atoms with Gasteiger partial charge in [-0.25, -0.2) is 0 Å². The van der Waals surface area contributed by atoms with Crippen LogP contribution in [-0.2, 0) is 26.1 Å². The van der Waals surface area contributed by atoms with E-state index in [1.54, 1.807) is 30.4 Å². The molecule has 0 aliphatic carbocycles. The second kappa shape index (κ2) is 9.50. The van der Waals surface area contributed by atoms with Gasteiger partial charge < -0.3 is 4.74 Å². The van der Waals surface area contributed by atoms with Crippen molar-refractivity contribution in [3.05, 3.63) is 55.6 Å². The van der Waals surface area contributed by atoms with Crippen LogP contribution in [0.4, 0.5) is 5.69 Å². The molecule has 1 aromatic carbocycles. The van der Waals surface area contributed by atoms with Gasteiger partial charge in [-0.1, -0.05) is 29.9 Å². The molecule has 1 aliphatic rings. The molecule has 0 saturated carbocycles. The molecule has 9 nitrogen and oxygen atoms in total. The van der Waals surface area contributed by atoms with Crippen molar-refractivity contribution in [1.29, 1.82) is 0 Å². The van der Waals surface area contributed by atoms with Crippen molar-refractivity contribution in [2.24, 2.45) is 0 Å². The Morgan fingerprint density at radius 1 is 1.21 bits per heavy atom. The molecule has 3 heterocycles. The van der Waals surface area contributed by atoms with Gasteiger partial charge >= 0.3 is 10.1 Å². The summed E-state index contributed by atoms with van der Waals surface area (Å²) in [4.78, 5) is 1.29. The SMILES string of the molecule is CCC(=Cc1sc2sc(Br)cc2[n+]1CS(=O)(=O)O)C=C1Oc2ccc(Cl)cc2N1CS(=O)(=O)O. The smallest absolute Gasteiger partial charge is 0.326 e. The molecule has 0 fully saturated rings. The van der Waals surface area contributed by atoms with Gasteiger partial charge in [-0.3, -0.25) is 14.0 Å². The van der Waals surface area contributed by atoms with Crippen molar-refractivity contribution >= 4 is 91.7 Å². The Hall–Kier alpha value is -1.52. The number of benzene rings is 1. The first-order valence-electron chi connectivity index (χ1n) is 9.52. The summed E-state index contributed by atoms with van der Waals surface area (Å²) in [6.07, 6.45) is 3.85. The molecule has 4 rings (SSSR count). The number of ether oxygens (including phenoxy) is 1. The highest BCUT2D eigenvalue weighted by Gasteiger charge is 2.31. The van der Waals surface area contributed by atoms with Crippen LogP contribution in [-0.4, -0.2) is 31.8 Å². The van der Waals surface area contributed by atoms with Gasteiger partial charge in [0.05, 0.1) is 9.47 Å². The van der Waals surface area contributed by atoms with Crippen molar-refractivity contribution in [3.8, 4) is 5.75 Å². The quantitative estimate of drug-likeness (QED) is 0.280. The van der Waals surface area contributed by atoms with E-state index in [9.17, 15) is 25.9 Å². The fourth-order valence-electron chi connectivity index (χ4n) is 3.31. The third kappa shape index (κ3) is 5.82. The lowest BCUT2D eigenvalue weighted by atomic mass is 10.2. The number of thiophene rings is 1. The number of thiazole rings is 1. The molecule has 0 bridgehead atoms. The van der Waals surface area contributed by atoms with Crippen molar-refractivity contribution < 1.29 is 35.2 Å². The Kier molecular flexibility index (Phi) is 7.15. The highest BCUT2D eigenvalue weighted by Crippen LogP contribution is 2.41. The maximum Gasteiger partial charge on any atom is 0.326 e. The maximum absolute atomic E-state index is 11.6.